The minimum Gasteiger partial charge on any atom is -0.329 e. The van der Waals surface area contributed by atoms with E-state index in [9.17, 15) is 4.79 Å². The van der Waals surface area contributed by atoms with E-state index in [4.69, 9.17) is 10.9 Å². The second-order valence-electron chi connectivity index (χ2n) is 4.11. The monoisotopic (exact) mass is 186 g/mol. The van der Waals surface area contributed by atoms with E-state index in [2.05, 4.69) is 6.92 Å². The van der Waals surface area contributed by atoms with Crippen molar-refractivity contribution in [2.45, 2.75) is 32.6 Å². The van der Waals surface area contributed by atoms with Crippen LogP contribution in [0.3, 0.4) is 0 Å². The topological polar surface area (TPSA) is 75.4 Å². The van der Waals surface area contributed by atoms with E-state index in [1.165, 1.54) is 0 Å². The van der Waals surface area contributed by atoms with Crippen LogP contribution in [0, 0.1) is 11.3 Å². The summed E-state index contributed by atoms with van der Waals surface area (Å²) in [7, 11) is 0. The van der Waals surface area contributed by atoms with E-state index in [-0.39, 0.29) is 5.91 Å². The van der Waals surface area contributed by atoms with E-state index in [1.807, 2.05) is 0 Å². The van der Waals surface area contributed by atoms with Crippen molar-refractivity contribution in [3.63, 3.8) is 0 Å². The lowest BCUT2D eigenvalue weighted by Gasteiger charge is -2.36. The molecule has 0 aromatic heterocycles. The highest BCUT2D eigenvalue weighted by Gasteiger charge is 2.39. The molecule has 1 aliphatic carbocycles. The minimum absolute atomic E-state index is 0.318. The fourth-order valence-corrected chi connectivity index (χ4v) is 1.96. The zero-order valence-electron chi connectivity index (χ0n) is 8.05. The van der Waals surface area contributed by atoms with Crippen molar-refractivity contribution in [3.05, 3.63) is 0 Å². The van der Waals surface area contributed by atoms with Crippen molar-refractivity contribution in [1.29, 1.82) is 0 Å². The van der Waals surface area contributed by atoms with Gasteiger partial charge in [0.2, 0.25) is 0 Å². The van der Waals surface area contributed by atoms with Gasteiger partial charge in [0.25, 0.3) is 5.91 Å². The van der Waals surface area contributed by atoms with Gasteiger partial charge in [-0.1, -0.05) is 6.92 Å². The first-order valence-corrected chi connectivity index (χ1v) is 4.79. The smallest absolute Gasteiger partial charge is 0.250 e. The van der Waals surface area contributed by atoms with E-state index < -0.39 is 5.41 Å². The lowest BCUT2D eigenvalue weighted by Crippen LogP contribution is -2.47. The Morgan fingerprint density at radius 1 is 1.62 bits per heavy atom. The van der Waals surface area contributed by atoms with Crippen molar-refractivity contribution >= 4 is 5.91 Å². The highest BCUT2D eigenvalue weighted by molar-refractivity contribution is 5.81. The van der Waals surface area contributed by atoms with Crippen molar-refractivity contribution in [1.82, 2.24) is 5.48 Å². The molecule has 76 valence electrons. The molecule has 4 heteroatoms. The first-order chi connectivity index (χ1) is 6.14. The van der Waals surface area contributed by atoms with Gasteiger partial charge in [-0.3, -0.25) is 10.0 Å². The Hall–Kier alpha value is -0.610. The van der Waals surface area contributed by atoms with Crippen LogP contribution in [0.15, 0.2) is 0 Å². The number of nitrogens with two attached hydrogens (primary N) is 1. The number of carbonyl (C=O) groups is 1. The second kappa shape index (κ2) is 4.07. The van der Waals surface area contributed by atoms with Gasteiger partial charge in [0, 0.05) is 6.54 Å². The van der Waals surface area contributed by atoms with Gasteiger partial charge in [0.1, 0.15) is 0 Å². The average Bonchev–Trinajstić information content (AvgIpc) is 2.18. The maximum absolute atomic E-state index is 11.4. The molecule has 1 fully saturated rings. The van der Waals surface area contributed by atoms with Crippen LogP contribution < -0.4 is 11.2 Å². The lowest BCUT2D eigenvalue weighted by molar-refractivity contribution is -0.141. The fourth-order valence-electron chi connectivity index (χ4n) is 1.96. The van der Waals surface area contributed by atoms with Crippen LogP contribution >= 0.6 is 0 Å². The van der Waals surface area contributed by atoms with Crippen LogP contribution in [0.1, 0.15) is 32.6 Å². The molecule has 0 aliphatic heterocycles. The molecular weight excluding hydrogens is 168 g/mol. The molecule has 0 aromatic rings. The highest BCUT2D eigenvalue weighted by Crippen LogP contribution is 2.38. The van der Waals surface area contributed by atoms with Gasteiger partial charge in [-0.05, 0) is 31.6 Å². The van der Waals surface area contributed by atoms with Gasteiger partial charge in [-0.25, -0.2) is 5.48 Å². The third-order valence-electron chi connectivity index (χ3n) is 3.21. The molecule has 13 heavy (non-hydrogen) atoms. The van der Waals surface area contributed by atoms with Gasteiger partial charge in [-0.15, -0.1) is 0 Å². The number of nitrogens with one attached hydrogen (secondary N) is 1. The molecular formula is C9H18N2O2. The van der Waals surface area contributed by atoms with Gasteiger partial charge >= 0.3 is 0 Å². The SMILES string of the molecule is CC1CCC(CN)(C(=O)NO)CC1. The minimum atomic E-state index is -0.513. The van der Waals surface area contributed by atoms with Crippen LogP contribution in [-0.4, -0.2) is 17.7 Å². The molecule has 1 amide bonds. The first kappa shape index (κ1) is 10.5. The van der Waals surface area contributed by atoms with Crippen molar-refractivity contribution in [2.75, 3.05) is 6.54 Å². The standard InChI is InChI=1S/C9H18N2O2/c1-7-2-4-9(6-10,5-3-7)8(12)11-13/h7,13H,2-6,10H2,1H3,(H,11,12). The van der Waals surface area contributed by atoms with E-state index >= 15 is 0 Å². The summed E-state index contributed by atoms with van der Waals surface area (Å²) in [5.41, 5.74) is 6.80. The van der Waals surface area contributed by atoms with Gasteiger partial charge in [-0.2, -0.15) is 0 Å². The summed E-state index contributed by atoms with van der Waals surface area (Å²) in [4.78, 5) is 11.4. The van der Waals surface area contributed by atoms with Crippen molar-refractivity contribution in [2.24, 2.45) is 17.1 Å². The zero-order valence-corrected chi connectivity index (χ0v) is 8.05. The van der Waals surface area contributed by atoms with Crippen LogP contribution in [0.5, 0.6) is 0 Å². The Balaban J connectivity index is 2.65. The summed E-state index contributed by atoms with van der Waals surface area (Å²) < 4.78 is 0. The van der Waals surface area contributed by atoms with Crippen molar-refractivity contribution in [3.8, 4) is 0 Å². The molecule has 0 radical (unpaired) electrons. The summed E-state index contributed by atoms with van der Waals surface area (Å²) in [6, 6.07) is 0. The molecule has 4 nitrogen and oxygen atoms in total. The number of hydrogen-bond acceptors (Lipinski definition) is 3. The molecule has 0 bridgehead atoms. The third-order valence-corrected chi connectivity index (χ3v) is 3.21. The molecule has 0 saturated heterocycles. The lowest BCUT2D eigenvalue weighted by atomic mass is 9.70. The third kappa shape index (κ3) is 2.00. The Kier molecular flexibility index (Phi) is 3.27. The van der Waals surface area contributed by atoms with Gasteiger partial charge in [0.15, 0.2) is 0 Å². The van der Waals surface area contributed by atoms with Crippen LogP contribution in [0.2, 0.25) is 0 Å². The van der Waals surface area contributed by atoms with Gasteiger partial charge < -0.3 is 5.73 Å². The predicted octanol–water partition coefficient (Wildman–Crippen LogP) is 0.647. The Labute approximate surface area is 78.5 Å². The number of hydroxylamine groups is 1. The van der Waals surface area contributed by atoms with Crippen molar-refractivity contribution < 1.29 is 10.0 Å². The Morgan fingerprint density at radius 2 is 2.15 bits per heavy atom. The van der Waals surface area contributed by atoms with E-state index in [0.29, 0.717) is 12.5 Å². The number of hydrogen-bond donors (Lipinski definition) is 3. The maximum atomic E-state index is 11.4. The molecule has 1 saturated carbocycles. The normalized spacial score (nSPS) is 34.2. The first-order valence-electron chi connectivity index (χ1n) is 4.79. The van der Waals surface area contributed by atoms with E-state index in [1.54, 1.807) is 5.48 Å². The van der Waals surface area contributed by atoms with Gasteiger partial charge in [0.05, 0.1) is 5.41 Å². The summed E-state index contributed by atoms with van der Waals surface area (Å²) in [5.74, 6) is 0.355. The zero-order chi connectivity index (χ0) is 9.90. The van der Waals surface area contributed by atoms with E-state index in [0.717, 1.165) is 25.7 Å². The second-order valence-corrected chi connectivity index (χ2v) is 4.11. The molecule has 0 spiro atoms. The number of amides is 1. The van der Waals surface area contributed by atoms with Crippen LogP contribution in [0.4, 0.5) is 0 Å². The van der Waals surface area contributed by atoms with Crippen LogP contribution in [0.25, 0.3) is 0 Å². The summed E-state index contributed by atoms with van der Waals surface area (Å²) in [6.07, 6.45) is 3.61. The average molecular weight is 186 g/mol. The summed E-state index contributed by atoms with van der Waals surface area (Å²) in [6.45, 7) is 2.50. The Bertz CT molecular complexity index is 186. The molecule has 0 aromatic carbocycles. The molecule has 1 rings (SSSR count). The molecule has 1 aliphatic rings. The molecule has 0 atom stereocenters. The molecule has 4 N–H and O–H groups in total. The summed E-state index contributed by atoms with van der Waals surface area (Å²) in [5, 5.41) is 8.59. The molecule has 0 unspecified atom stereocenters. The predicted molar refractivity (Wildman–Crippen MR) is 49.0 cm³/mol. The maximum Gasteiger partial charge on any atom is 0.250 e. The number of rotatable bonds is 2. The highest BCUT2D eigenvalue weighted by atomic mass is 16.5. The molecule has 0 heterocycles. The quantitative estimate of drug-likeness (QED) is 0.438. The summed E-state index contributed by atoms with van der Waals surface area (Å²) >= 11 is 0. The number of carbonyl (C=O) groups excluding carboxylic acids is 1. The fraction of sp³-hybridized carbons (Fsp3) is 0.889. The largest absolute Gasteiger partial charge is 0.329 e. The Morgan fingerprint density at radius 3 is 2.54 bits per heavy atom. The van der Waals surface area contributed by atoms with Crippen LogP contribution in [-0.2, 0) is 4.79 Å².